The van der Waals surface area contributed by atoms with Crippen LogP contribution in [0.15, 0.2) is 24.3 Å². The van der Waals surface area contributed by atoms with Crippen LogP contribution < -0.4 is 11.1 Å². The lowest BCUT2D eigenvalue weighted by Crippen LogP contribution is -2.47. The lowest BCUT2D eigenvalue weighted by molar-refractivity contribution is -0.123. The van der Waals surface area contributed by atoms with E-state index >= 15 is 0 Å². The first-order chi connectivity index (χ1) is 10.5. The van der Waals surface area contributed by atoms with Crippen molar-refractivity contribution in [1.29, 1.82) is 0 Å². The summed E-state index contributed by atoms with van der Waals surface area (Å²) in [5.74, 6) is 0.595. The third kappa shape index (κ3) is 2.91. The minimum absolute atomic E-state index is 0.0394. The molecule has 1 aromatic carbocycles. The van der Waals surface area contributed by atoms with Crippen molar-refractivity contribution in [1.82, 2.24) is 5.32 Å². The van der Waals surface area contributed by atoms with E-state index in [9.17, 15) is 4.79 Å². The molecule has 0 atom stereocenters. The fourth-order valence-corrected chi connectivity index (χ4v) is 3.63. The van der Waals surface area contributed by atoms with Gasteiger partial charge < -0.3 is 11.1 Å². The van der Waals surface area contributed by atoms with Gasteiger partial charge in [-0.2, -0.15) is 0 Å². The number of nitrogens with one attached hydrogen (secondary N) is 1. The van der Waals surface area contributed by atoms with E-state index in [-0.39, 0.29) is 11.3 Å². The summed E-state index contributed by atoms with van der Waals surface area (Å²) in [4.78, 5) is 12.2. The van der Waals surface area contributed by atoms with Crippen LogP contribution in [-0.4, -0.2) is 18.0 Å². The van der Waals surface area contributed by atoms with Gasteiger partial charge in [-0.1, -0.05) is 51.0 Å². The van der Waals surface area contributed by atoms with Gasteiger partial charge in [0.1, 0.15) is 0 Å². The summed E-state index contributed by atoms with van der Waals surface area (Å²) in [7, 11) is 0. The predicted octanol–water partition coefficient (Wildman–Crippen LogP) is 3.23. The third-order valence-electron chi connectivity index (χ3n) is 5.58. The minimum Gasteiger partial charge on any atom is -0.354 e. The second-order valence-electron chi connectivity index (χ2n) is 7.60. The van der Waals surface area contributed by atoms with E-state index in [1.54, 1.807) is 0 Å². The van der Waals surface area contributed by atoms with E-state index in [4.69, 9.17) is 5.73 Å². The smallest absolute Gasteiger partial charge is 0.240 e. The van der Waals surface area contributed by atoms with E-state index in [0.717, 1.165) is 32.2 Å². The Hall–Kier alpha value is -1.35. The zero-order valence-electron chi connectivity index (χ0n) is 13.8. The van der Waals surface area contributed by atoms with Gasteiger partial charge in [0.2, 0.25) is 5.91 Å². The molecule has 0 unspecified atom stereocenters. The van der Waals surface area contributed by atoms with Crippen molar-refractivity contribution in [3.05, 3.63) is 35.4 Å². The fourth-order valence-electron chi connectivity index (χ4n) is 3.63. The molecular weight excluding hydrogens is 272 g/mol. The molecule has 0 heterocycles. The van der Waals surface area contributed by atoms with Crippen LogP contribution in [0, 0.1) is 0 Å². The molecule has 2 saturated carbocycles. The van der Waals surface area contributed by atoms with Crippen LogP contribution in [0.25, 0.3) is 0 Å². The monoisotopic (exact) mass is 300 g/mol. The second-order valence-corrected chi connectivity index (χ2v) is 7.60. The molecule has 3 rings (SSSR count). The lowest BCUT2D eigenvalue weighted by Gasteiger charge is -2.31. The molecule has 0 bridgehead atoms. The Kier molecular flexibility index (Phi) is 4.02. The molecule has 0 saturated heterocycles. The quantitative estimate of drug-likeness (QED) is 0.877. The highest BCUT2D eigenvalue weighted by atomic mass is 16.2. The van der Waals surface area contributed by atoms with E-state index in [2.05, 4.69) is 43.4 Å². The SMILES string of the molecule is CC(C)c1ccc(C2(CNC(=O)C3(N)CC3)CCCC2)cc1. The van der Waals surface area contributed by atoms with Crippen molar-refractivity contribution in [3.8, 4) is 0 Å². The van der Waals surface area contributed by atoms with Gasteiger partial charge >= 0.3 is 0 Å². The van der Waals surface area contributed by atoms with Gasteiger partial charge in [0.05, 0.1) is 5.54 Å². The molecular formula is C19H28N2O. The van der Waals surface area contributed by atoms with Gasteiger partial charge in [0.25, 0.3) is 0 Å². The first-order valence-electron chi connectivity index (χ1n) is 8.63. The van der Waals surface area contributed by atoms with E-state index < -0.39 is 5.54 Å². The summed E-state index contributed by atoms with van der Waals surface area (Å²) < 4.78 is 0. The maximum absolute atomic E-state index is 12.2. The summed E-state index contributed by atoms with van der Waals surface area (Å²) >= 11 is 0. The van der Waals surface area contributed by atoms with Crippen molar-refractivity contribution in [2.75, 3.05) is 6.54 Å². The van der Waals surface area contributed by atoms with E-state index in [0.29, 0.717) is 5.92 Å². The molecule has 1 amide bonds. The number of rotatable bonds is 5. The molecule has 120 valence electrons. The molecule has 22 heavy (non-hydrogen) atoms. The Bertz CT molecular complexity index is 537. The predicted molar refractivity (Wildman–Crippen MR) is 89.8 cm³/mol. The number of hydrogen-bond donors (Lipinski definition) is 2. The average Bonchev–Trinajstić information content (AvgIpc) is 3.10. The standard InChI is InChI=1S/C19H28N2O/c1-14(2)15-5-7-16(8-6-15)18(9-3-4-10-18)13-21-17(22)19(20)11-12-19/h5-8,14H,3-4,9-13,20H2,1-2H3,(H,21,22). The van der Waals surface area contributed by atoms with Crippen LogP contribution in [0.5, 0.6) is 0 Å². The zero-order chi connectivity index (χ0) is 15.8. The first kappa shape index (κ1) is 15.5. The van der Waals surface area contributed by atoms with Crippen LogP contribution in [-0.2, 0) is 10.2 Å². The highest BCUT2D eigenvalue weighted by Crippen LogP contribution is 2.41. The van der Waals surface area contributed by atoms with Crippen LogP contribution >= 0.6 is 0 Å². The Morgan fingerprint density at radius 3 is 2.23 bits per heavy atom. The Morgan fingerprint density at radius 2 is 1.73 bits per heavy atom. The summed E-state index contributed by atoms with van der Waals surface area (Å²) in [6.45, 7) is 5.17. The van der Waals surface area contributed by atoms with Crippen LogP contribution in [0.1, 0.15) is 69.4 Å². The topological polar surface area (TPSA) is 55.1 Å². The fraction of sp³-hybridized carbons (Fsp3) is 0.632. The molecule has 1 aromatic rings. The normalized spacial score (nSPS) is 21.8. The van der Waals surface area contributed by atoms with Gasteiger partial charge in [-0.25, -0.2) is 0 Å². The molecule has 2 aliphatic rings. The molecule has 3 N–H and O–H groups in total. The van der Waals surface area contributed by atoms with Crippen LogP contribution in [0.2, 0.25) is 0 Å². The largest absolute Gasteiger partial charge is 0.354 e. The van der Waals surface area contributed by atoms with Gasteiger partial charge in [0.15, 0.2) is 0 Å². The van der Waals surface area contributed by atoms with Gasteiger partial charge in [-0.05, 0) is 42.7 Å². The van der Waals surface area contributed by atoms with E-state index in [1.807, 2.05) is 0 Å². The van der Waals surface area contributed by atoms with Crippen molar-refractivity contribution >= 4 is 5.91 Å². The average molecular weight is 300 g/mol. The number of amides is 1. The summed E-state index contributed by atoms with van der Waals surface area (Å²) in [5.41, 5.74) is 8.28. The second kappa shape index (κ2) is 5.69. The molecule has 0 aromatic heterocycles. The molecule has 0 radical (unpaired) electrons. The number of carbonyl (C=O) groups excluding carboxylic acids is 1. The van der Waals surface area contributed by atoms with Crippen molar-refractivity contribution in [2.24, 2.45) is 5.73 Å². The molecule has 0 aliphatic heterocycles. The third-order valence-corrected chi connectivity index (χ3v) is 5.58. The number of nitrogens with two attached hydrogens (primary N) is 1. The minimum atomic E-state index is -0.568. The number of hydrogen-bond acceptors (Lipinski definition) is 2. The van der Waals surface area contributed by atoms with Crippen molar-refractivity contribution in [2.45, 2.75) is 69.2 Å². The summed E-state index contributed by atoms with van der Waals surface area (Å²) in [6.07, 6.45) is 6.47. The molecule has 3 nitrogen and oxygen atoms in total. The molecule has 0 spiro atoms. The lowest BCUT2D eigenvalue weighted by atomic mass is 9.78. The van der Waals surface area contributed by atoms with Crippen LogP contribution in [0.4, 0.5) is 0 Å². The van der Waals surface area contributed by atoms with Crippen LogP contribution in [0.3, 0.4) is 0 Å². The Morgan fingerprint density at radius 1 is 1.14 bits per heavy atom. The number of benzene rings is 1. The first-order valence-corrected chi connectivity index (χ1v) is 8.63. The van der Waals surface area contributed by atoms with E-state index in [1.165, 1.54) is 24.0 Å². The molecule has 2 fully saturated rings. The summed E-state index contributed by atoms with van der Waals surface area (Å²) in [5, 5.41) is 3.14. The van der Waals surface area contributed by atoms with Gasteiger partial charge in [0, 0.05) is 12.0 Å². The summed E-state index contributed by atoms with van der Waals surface area (Å²) in [6, 6.07) is 9.02. The number of carbonyl (C=O) groups is 1. The highest BCUT2D eigenvalue weighted by molar-refractivity contribution is 5.89. The maximum Gasteiger partial charge on any atom is 0.240 e. The van der Waals surface area contributed by atoms with Crippen molar-refractivity contribution < 1.29 is 4.79 Å². The van der Waals surface area contributed by atoms with Gasteiger partial charge in [-0.3, -0.25) is 4.79 Å². The van der Waals surface area contributed by atoms with Gasteiger partial charge in [-0.15, -0.1) is 0 Å². The molecule has 2 aliphatic carbocycles. The zero-order valence-corrected chi connectivity index (χ0v) is 13.8. The Labute approximate surface area is 133 Å². The highest BCUT2D eigenvalue weighted by Gasteiger charge is 2.47. The van der Waals surface area contributed by atoms with Crippen molar-refractivity contribution in [3.63, 3.8) is 0 Å². The maximum atomic E-state index is 12.2. The Balaban J connectivity index is 1.74. The molecule has 3 heteroatoms.